The van der Waals surface area contributed by atoms with E-state index < -0.39 is 0 Å². The van der Waals surface area contributed by atoms with Crippen LogP contribution in [0.15, 0.2) is 24.4 Å². The molecule has 0 saturated carbocycles. The first-order chi connectivity index (χ1) is 10.8. The maximum absolute atomic E-state index is 10.4. The molecule has 22 heavy (non-hydrogen) atoms. The monoisotopic (exact) mass is 313 g/mol. The SMILES string of the molecule is CN1CC(CSC[C]=O)C[C@H]2c3cccc4[nH]cc(c34)C[C@@H]21. The molecule has 2 aliphatic rings. The van der Waals surface area contributed by atoms with Crippen LogP contribution in [-0.4, -0.2) is 47.3 Å². The lowest BCUT2D eigenvalue weighted by Gasteiger charge is -2.45. The molecule has 3 nitrogen and oxygen atoms in total. The normalized spacial score (nSPS) is 27.8. The van der Waals surface area contributed by atoms with E-state index in [0.29, 0.717) is 23.6 Å². The fourth-order valence-electron chi connectivity index (χ4n) is 4.44. The van der Waals surface area contributed by atoms with Crippen LogP contribution in [0.5, 0.6) is 0 Å². The Balaban J connectivity index is 1.65. The Kier molecular flexibility index (Phi) is 3.74. The lowest BCUT2D eigenvalue weighted by atomic mass is 9.73. The van der Waals surface area contributed by atoms with E-state index in [4.69, 9.17) is 0 Å². The molecule has 2 aromatic rings. The summed E-state index contributed by atoms with van der Waals surface area (Å²) in [5.41, 5.74) is 4.27. The van der Waals surface area contributed by atoms with Gasteiger partial charge >= 0.3 is 0 Å². The standard InChI is InChI=1S/C18H21N2OS/c1-20-10-12(11-22-6-5-21)7-15-14-3-2-4-16-18(14)13(9-19-16)8-17(15)20/h2-4,9,12,15,17,19H,6-8,10-11H2,1H3/t12?,15-,17-/m0/s1. The molecule has 1 radical (unpaired) electrons. The molecule has 4 heteroatoms. The van der Waals surface area contributed by atoms with Crippen LogP contribution in [-0.2, 0) is 11.2 Å². The number of thioether (sulfide) groups is 1. The number of hydrogen-bond acceptors (Lipinski definition) is 3. The number of likely N-dealkylation sites (N-methyl/N-ethyl adjacent to an activating group) is 1. The molecule has 2 heterocycles. The van der Waals surface area contributed by atoms with Gasteiger partial charge in [0.25, 0.3) is 0 Å². The molecule has 1 aromatic carbocycles. The van der Waals surface area contributed by atoms with E-state index in [0.717, 1.165) is 18.7 Å². The number of rotatable bonds is 4. The van der Waals surface area contributed by atoms with Crippen molar-refractivity contribution in [3.05, 3.63) is 35.5 Å². The predicted octanol–water partition coefficient (Wildman–Crippen LogP) is 2.97. The summed E-state index contributed by atoms with van der Waals surface area (Å²) in [6, 6.07) is 7.30. The van der Waals surface area contributed by atoms with Crippen molar-refractivity contribution in [1.29, 1.82) is 0 Å². The van der Waals surface area contributed by atoms with Gasteiger partial charge in [0.05, 0.1) is 5.75 Å². The number of nitrogens with zero attached hydrogens (tertiary/aromatic N) is 1. The van der Waals surface area contributed by atoms with E-state index in [1.807, 2.05) is 6.29 Å². The number of piperidine rings is 1. The molecule has 1 fully saturated rings. The molecule has 0 amide bonds. The molecule has 115 valence electrons. The molecule has 1 aliphatic carbocycles. The number of nitrogens with one attached hydrogen (secondary N) is 1. The third kappa shape index (κ3) is 2.29. The predicted molar refractivity (Wildman–Crippen MR) is 92.3 cm³/mol. The Bertz CT molecular complexity index is 695. The minimum atomic E-state index is 0.506. The first kappa shape index (κ1) is 14.3. The van der Waals surface area contributed by atoms with Crippen molar-refractivity contribution in [3.8, 4) is 0 Å². The number of likely N-dealkylation sites (tertiary alicyclic amines) is 1. The molecule has 1 aromatic heterocycles. The lowest BCUT2D eigenvalue weighted by molar-refractivity contribution is 0.121. The van der Waals surface area contributed by atoms with Gasteiger partial charge in [-0.05, 0) is 48.8 Å². The second-order valence-electron chi connectivity index (χ2n) is 6.66. The van der Waals surface area contributed by atoms with Crippen molar-refractivity contribution in [2.45, 2.75) is 24.8 Å². The van der Waals surface area contributed by atoms with Crippen molar-refractivity contribution in [3.63, 3.8) is 0 Å². The second kappa shape index (κ2) is 5.74. The summed E-state index contributed by atoms with van der Waals surface area (Å²) in [5, 5.41) is 1.46. The van der Waals surface area contributed by atoms with E-state index in [1.165, 1.54) is 28.5 Å². The van der Waals surface area contributed by atoms with Gasteiger partial charge in [0.1, 0.15) is 0 Å². The molecule has 3 atom stereocenters. The van der Waals surface area contributed by atoms with Gasteiger partial charge < -0.3 is 9.88 Å². The Labute approximate surface area is 135 Å². The Hall–Kier alpha value is -1.26. The third-order valence-corrected chi connectivity index (χ3v) is 6.36. The first-order valence-electron chi connectivity index (χ1n) is 7.99. The zero-order chi connectivity index (χ0) is 15.1. The molecule has 0 spiro atoms. The maximum atomic E-state index is 10.4. The Morgan fingerprint density at radius 1 is 1.45 bits per heavy atom. The topological polar surface area (TPSA) is 36.1 Å². The molecule has 1 saturated heterocycles. The number of hydrogen-bond donors (Lipinski definition) is 1. The number of H-pyrrole nitrogens is 1. The number of fused-ring (bicyclic) bond motifs is 2. The van der Waals surface area contributed by atoms with Crippen molar-refractivity contribution in [1.82, 2.24) is 9.88 Å². The van der Waals surface area contributed by atoms with E-state index >= 15 is 0 Å². The van der Waals surface area contributed by atoms with Gasteiger partial charge in [-0.25, -0.2) is 0 Å². The van der Waals surface area contributed by atoms with Crippen LogP contribution < -0.4 is 0 Å². The van der Waals surface area contributed by atoms with Gasteiger partial charge in [0.2, 0.25) is 6.29 Å². The highest BCUT2D eigenvalue weighted by atomic mass is 32.2. The van der Waals surface area contributed by atoms with Gasteiger partial charge in [0.15, 0.2) is 0 Å². The van der Waals surface area contributed by atoms with Crippen LogP contribution in [0.1, 0.15) is 23.5 Å². The molecular formula is C18H21N2OS. The van der Waals surface area contributed by atoms with E-state index in [9.17, 15) is 4.79 Å². The first-order valence-corrected chi connectivity index (χ1v) is 9.15. The zero-order valence-electron chi connectivity index (χ0n) is 12.8. The van der Waals surface area contributed by atoms with Crippen LogP contribution in [0, 0.1) is 5.92 Å². The van der Waals surface area contributed by atoms with Crippen LogP contribution in [0.4, 0.5) is 0 Å². The van der Waals surface area contributed by atoms with Gasteiger partial charge in [-0.1, -0.05) is 12.1 Å². The number of aromatic amines is 1. The maximum Gasteiger partial charge on any atom is 0.209 e. The number of aromatic nitrogens is 1. The highest BCUT2D eigenvalue weighted by molar-refractivity contribution is 7.99. The third-order valence-electron chi connectivity index (χ3n) is 5.33. The highest BCUT2D eigenvalue weighted by Gasteiger charge is 2.39. The van der Waals surface area contributed by atoms with Gasteiger partial charge in [0, 0.05) is 35.6 Å². The van der Waals surface area contributed by atoms with Crippen LogP contribution >= 0.6 is 11.8 Å². The van der Waals surface area contributed by atoms with Crippen molar-refractivity contribution in [2.24, 2.45) is 5.92 Å². The smallest absolute Gasteiger partial charge is 0.209 e. The zero-order valence-corrected chi connectivity index (χ0v) is 13.7. The van der Waals surface area contributed by atoms with E-state index in [-0.39, 0.29) is 0 Å². The van der Waals surface area contributed by atoms with E-state index in [1.54, 1.807) is 11.8 Å². The van der Waals surface area contributed by atoms with Crippen molar-refractivity contribution in [2.75, 3.05) is 25.1 Å². The minimum Gasteiger partial charge on any atom is -0.361 e. The molecule has 0 bridgehead atoms. The lowest BCUT2D eigenvalue weighted by Crippen LogP contribution is -2.48. The summed E-state index contributed by atoms with van der Waals surface area (Å²) < 4.78 is 0. The Morgan fingerprint density at radius 2 is 2.36 bits per heavy atom. The summed E-state index contributed by atoms with van der Waals surface area (Å²) in [6.07, 6.45) is 6.58. The fraction of sp³-hybridized carbons (Fsp3) is 0.500. The summed E-state index contributed by atoms with van der Waals surface area (Å²) in [7, 11) is 2.26. The molecule has 1 aliphatic heterocycles. The summed E-state index contributed by atoms with van der Waals surface area (Å²) >= 11 is 1.72. The fourth-order valence-corrected chi connectivity index (χ4v) is 5.22. The average molecular weight is 313 g/mol. The molecule has 1 N–H and O–H groups in total. The van der Waals surface area contributed by atoms with Gasteiger partial charge in [-0.2, -0.15) is 11.8 Å². The highest BCUT2D eigenvalue weighted by Crippen LogP contribution is 2.44. The minimum absolute atomic E-state index is 0.506. The quantitative estimate of drug-likeness (QED) is 0.882. The number of carbonyl (C=O) groups excluding carboxylic acids is 1. The van der Waals surface area contributed by atoms with Crippen molar-refractivity contribution >= 4 is 29.0 Å². The second-order valence-corrected chi connectivity index (χ2v) is 7.69. The largest absolute Gasteiger partial charge is 0.361 e. The molecule has 4 rings (SSSR count). The Morgan fingerprint density at radius 3 is 3.23 bits per heavy atom. The molecule has 1 unspecified atom stereocenters. The molecular weight excluding hydrogens is 292 g/mol. The number of benzene rings is 1. The summed E-state index contributed by atoms with van der Waals surface area (Å²) in [5.74, 6) is 2.86. The van der Waals surface area contributed by atoms with E-state index in [2.05, 4.69) is 41.3 Å². The van der Waals surface area contributed by atoms with Crippen LogP contribution in [0.25, 0.3) is 10.9 Å². The summed E-state index contributed by atoms with van der Waals surface area (Å²) in [4.78, 5) is 16.4. The summed E-state index contributed by atoms with van der Waals surface area (Å²) in [6.45, 7) is 1.14. The van der Waals surface area contributed by atoms with Gasteiger partial charge in [-0.3, -0.25) is 4.79 Å². The van der Waals surface area contributed by atoms with Crippen molar-refractivity contribution < 1.29 is 4.79 Å². The van der Waals surface area contributed by atoms with Crippen LogP contribution in [0.2, 0.25) is 0 Å². The van der Waals surface area contributed by atoms with Crippen LogP contribution in [0.3, 0.4) is 0 Å². The average Bonchev–Trinajstić information content (AvgIpc) is 2.94. The van der Waals surface area contributed by atoms with Gasteiger partial charge in [-0.15, -0.1) is 0 Å².